The van der Waals surface area contributed by atoms with Crippen molar-refractivity contribution in [2.75, 3.05) is 43.5 Å². The number of H-pyrrole nitrogens is 1. The number of carbonyl (C=O) groups is 2. The van der Waals surface area contributed by atoms with Gasteiger partial charge >= 0.3 is 5.97 Å². The van der Waals surface area contributed by atoms with Gasteiger partial charge in [-0.15, -0.1) is 0 Å². The first kappa shape index (κ1) is 27.5. The lowest BCUT2D eigenvalue weighted by Gasteiger charge is -2.23. The smallest absolute Gasteiger partial charge is 0.338 e. The minimum atomic E-state index is -0.413. The number of ether oxygens (including phenoxy) is 1. The summed E-state index contributed by atoms with van der Waals surface area (Å²) in [5.74, 6) is -0.547. The van der Waals surface area contributed by atoms with E-state index in [1.807, 2.05) is 65.7 Å². The zero-order valence-corrected chi connectivity index (χ0v) is 23.6. The van der Waals surface area contributed by atoms with Crippen molar-refractivity contribution in [1.82, 2.24) is 9.88 Å². The SMILES string of the molecule is CCCN(C)CCCOC(=O)c1cc(C(=O)N2CC[C@H](C)Nc3ccccc32)ccc1-c1ccc2[nH]ccc2c1. The number of hydrogen-bond acceptors (Lipinski definition) is 5. The van der Waals surface area contributed by atoms with E-state index in [4.69, 9.17) is 4.74 Å². The molecule has 2 N–H and O–H groups in total. The van der Waals surface area contributed by atoms with E-state index in [0.29, 0.717) is 24.3 Å². The number of amides is 1. The first-order valence-electron chi connectivity index (χ1n) is 14.2. The molecule has 0 fully saturated rings. The molecule has 0 saturated heterocycles. The normalized spacial score (nSPS) is 15.0. The van der Waals surface area contributed by atoms with Crippen LogP contribution in [0.5, 0.6) is 0 Å². The van der Waals surface area contributed by atoms with E-state index in [9.17, 15) is 9.59 Å². The highest BCUT2D eigenvalue weighted by molar-refractivity contribution is 6.10. The fourth-order valence-corrected chi connectivity index (χ4v) is 5.37. The van der Waals surface area contributed by atoms with Gasteiger partial charge < -0.3 is 24.8 Å². The summed E-state index contributed by atoms with van der Waals surface area (Å²) in [5.41, 5.74) is 5.32. The molecule has 0 spiro atoms. The minimum absolute atomic E-state index is 0.133. The Bertz CT molecular complexity index is 1490. The van der Waals surface area contributed by atoms with Crippen LogP contribution in [0.3, 0.4) is 0 Å². The molecule has 0 saturated carbocycles. The number of aromatic nitrogens is 1. The highest BCUT2D eigenvalue weighted by atomic mass is 16.5. The van der Waals surface area contributed by atoms with Crippen molar-refractivity contribution >= 4 is 34.2 Å². The van der Waals surface area contributed by atoms with Crippen molar-refractivity contribution in [1.29, 1.82) is 0 Å². The number of carbonyl (C=O) groups excluding carboxylic acids is 2. The number of aromatic amines is 1. The molecule has 3 aromatic carbocycles. The molecule has 4 aromatic rings. The number of benzene rings is 3. The molecule has 0 radical (unpaired) electrons. The van der Waals surface area contributed by atoms with Crippen molar-refractivity contribution in [3.8, 4) is 11.1 Å². The van der Waals surface area contributed by atoms with Crippen molar-refractivity contribution in [2.45, 2.75) is 39.2 Å². The monoisotopic (exact) mass is 538 g/mol. The van der Waals surface area contributed by atoms with Crippen molar-refractivity contribution in [3.05, 3.63) is 84.1 Å². The van der Waals surface area contributed by atoms with Gasteiger partial charge in [0.25, 0.3) is 5.91 Å². The molecule has 2 heterocycles. The molecule has 1 aliphatic rings. The predicted octanol–water partition coefficient (Wildman–Crippen LogP) is 6.57. The van der Waals surface area contributed by atoms with Gasteiger partial charge in [-0.25, -0.2) is 4.79 Å². The largest absolute Gasteiger partial charge is 0.462 e. The fourth-order valence-electron chi connectivity index (χ4n) is 5.37. The van der Waals surface area contributed by atoms with Crippen LogP contribution in [0.15, 0.2) is 72.9 Å². The van der Waals surface area contributed by atoms with Crippen LogP contribution in [0.1, 0.15) is 53.8 Å². The molecule has 40 heavy (non-hydrogen) atoms. The Morgan fingerprint density at radius 2 is 1.90 bits per heavy atom. The zero-order chi connectivity index (χ0) is 28.1. The maximum absolute atomic E-state index is 13.9. The number of nitrogens with one attached hydrogen (secondary N) is 2. The van der Waals surface area contributed by atoms with Crippen molar-refractivity contribution in [3.63, 3.8) is 0 Å². The summed E-state index contributed by atoms with van der Waals surface area (Å²) in [6, 6.07) is 21.6. The summed E-state index contributed by atoms with van der Waals surface area (Å²) in [5, 5.41) is 4.56. The third-order valence-corrected chi connectivity index (χ3v) is 7.50. The van der Waals surface area contributed by atoms with E-state index in [1.165, 1.54) is 0 Å². The number of nitrogens with zero attached hydrogens (tertiary/aromatic N) is 2. The van der Waals surface area contributed by atoms with E-state index in [0.717, 1.165) is 65.8 Å². The molecule has 0 aliphatic carbocycles. The Kier molecular flexibility index (Phi) is 8.51. The van der Waals surface area contributed by atoms with Gasteiger partial charge in [0.2, 0.25) is 0 Å². The first-order chi connectivity index (χ1) is 19.4. The second-order valence-electron chi connectivity index (χ2n) is 10.6. The van der Waals surface area contributed by atoms with Crippen molar-refractivity contribution in [2.24, 2.45) is 0 Å². The topological polar surface area (TPSA) is 77.7 Å². The number of hydrogen-bond donors (Lipinski definition) is 2. The summed E-state index contributed by atoms with van der Waals surface area (Å²) in [4.78, 5) is 34.7. The van der Waals surface area contributed by atoms with Gasteiger partial charge in [-0.2, -0.15) is 0 Å². The summed E-state index contributed by atoms with van der Waals surface area (Å²) in [6.45, 7) is 7.05. The van der Waals surface area contributed by atoms with Gasteiger partial charge in [-0.3, -0.25) is 4.79 Å². The standard InChI is InChI=1S/C33H38N4O3/c1-4-17-36(3)18-7-20-40-33(39)28-22-26(10-12-27(28)24-11-13-29-25(21-24)14-16-34-29)32(38)37-19-15-23(2)35-30-8-5-6-9-31(30)37/h5-6,8-14,16,21-23,34-35H,4,7,15,17-20H2,1-3H3/t23-/m0/s1. The van der Waals surface area contributed by atoms with E-state index in [-0.39, 0.29) is 11.9 Å². The van der Waals surface area contributed by atoms with Crippen LogP contribution in [0.25, 0.3) is 22.0 Å². The molecule has 5 rings (SSSR count). The third kappa shape index (κ3) is 6.05. The lowest BCUT2D eigenvalue weighted by Crippen LogP contribution is -2.32. The molecule has 208 valence electrons. The Labute approximate surface area is 236 Å². The number of anilines is 2. The molecule has 1 aliphatic heterocycles. The van der Waals surface area contributed by atoms with E-state index < -0.39 is 5.97 Å². The summed E-state index contributed by atoms with van der Waals surface area (Å²) in [7, 11) is 2.08. The van der Waals surface area contributed by atoms with Crippen LogP contribution in [-0.2, 0) is 4.74 Å². The average molecular weight is 539 g/mol. The summed E-state index contributed by atoms with van der Waals surface area (Å²) >= 11 is 0. The number of esters is 1. The molecule has 0 bridgehead atoms. The molecular formula is C33H38N4O3. The molecule has 0 unspecified atom stereocenters. The van der Waals surface area contributed by atoms with E-state index in [1.54, 1.807) is 6.07 Å². The molecular weight excluding hydrogens is 500 g/mol. The van der Waals surface area contributed by atoms with Gasteiger partial charge in [0.15, 0.2) is 0 Å². The lowest BCUT2D eigenvalue weighted by atomic mass is 9.96. The number of fused-ring (bicyclic) bond motifs is 2. The zero-order valence-electron chi connectivity index (χ0n) is 23.6. The second kappa shape index (κ2) is 12.4. The van der Waals surface area contributed by atoms with Crippen LogP contribution >= 0.6 is 0 Å². The number of rotatable bonds is 9. The van der Waals surface area contributed by atoms with Crippen molar-refractivity contribution < 1.29 is 14.3 Å². The van der Waals surface area contributed by atoms with Crippen LogP contribution in [0.4, 0.5) is 11.4 Å². The maximum atomic E-state index is 13.9. The van der Waals surface area contributed by atoms with Crippen LogP contribution in [-0.4, -0.2) is 61.1 Å². The summed E-state index contributed by atoms with van der Waals surface area (Å²) < 4.78 is 5.76. The van der Waals surface area contributed by atoms with E-state index >= 15 is 0 Å². The Morgan fingerprint density at radius 3 is 2.75 bits per heavy atom. The van der Waals surface area contributed by atoms with Gasteiger partial charge in [0.1, 0.15) is 0 Å². The minimum Gasteiger partial charge on any atom is -0.462 e. The molecule has 1 atom stereocenters. The lowest BCUT2D eigenvalue weighted by molar-refractivity contribution is 0.0492. The highest BCUT2D eigenvalue weighted by Gasteiger charge is 2.26. The second-order valence-corrected chi connectivity index (χ2v) is 10.6. The molecule has 1 amide bonds. The first-order valence-corrected chi connectivity index (χ1v) is 14.2. The average Bonchev–Trinajstić information content (AvgIpc) is 3.37. The molecule has 1 aromatic heterocycles. The van der Waals surface area contributed by atoms with Crippen LogP contribution < -0.4 is 10.2 Å². The van der Waals surface area contributed by atoms with E-state index in [2.05, 4.69) is 42.2 Å². The molecule has 7 nitrogen and oxygen atoms in total. The molecule has 7 heteroatoms. The predicted molar refractivity (Wildman–Crippen MR) is 162 cm³/mol. The van der Waals surface area contributed by atoms with Gasteiger partial charge in [0, 0.05) is 36.4 Å². The maximum Gasteiger partial charge on any atom is 0.338 e. The van der Waals surface area contributed by atoms with Crippen LogP contribution in [0.2, 0.25) is 0 Å². The Morgan fingerprint density at radius 1 is 1.05 bits per heavy atom. The number of para-hydroxylation sites is 2. The quantitative estimate of drug-likeness (QED) is 0.186. The highest BCUT2D eigenvalue weighted by Crippen LogP contribution is 2.33. The van der Waals surface area contributed by atoms with Gasteiger partial charge in [0.05, 0.1) is 23.5 Å². The Balaban J connectivity index is 1.46. The van der Waals surface area contributed by atoms with Crippen LogP contribution in [0, 0.1) is 0 Å². The van der Waals surface area contributed by atoms with Gasteiger partial charge in [-0.1, -0.05) is 31.2 Å². The third-order valence-electron chi connectivity index (χ3n) is 7.50. The Hall–Kier alpha value is -4.10. The summed E-state index contributed by atoms with van der Waals surface area (Å²) in [6.07, 6.45) is 4.55. The van der Waals surface area contributed by atoms with Gasteiger partial charge in [-0.05, 0) is 98.8 Å². The fraction of sp³-hybridized carbons (Fsp3) is 0.333.